The fourth-order valence-electron chi connectivity index (χ4n) is 14.4. The van der Waals surface area contributed by atoms with Gasteiger partial charge in [-0.2, -0.15) is 0 Å². The van der Waals surface area contributed by atoms with Gasteiger partial charge in [0.1, 0.15) is 34.1 Å². The van der Waals surface area contributed by atoms with Gasteiger partial charge in [0, 0.05) is 191 Å². The number of nitrogens with zero attached hydrogens (tertiary/aromatic N) is 16. The van der Waals surface area contributed by atoms with E-state index in [2.05, 4.69) is 102 Å². The van der Waals surface area contributed by atoms with Gasteiger partial charge in [0.25, 0.3) is 29.5 Å². The molecule has 9 aromatic rings. The van der Waals surface area contributed by atoms with Crippen LogP contribution in [-0.4, -0.2) is 284 Å². The summed E-state index contributed by atoms with van der Waals surface area (Å²) in [5.41, 5.74) is 5.55. The zero-order valence-electron chi connectivity index (χ0n) is 71.4. The Bertz CT molecular complexity index is 5250. The molecular formula is C83H108ClN25O15S. The summed E-state index contributed by atoms with van der Waals surface area (Å²) in [6.45, 7) is 18.3. The summed E-state index contributed by atoms with van der Waals surface area (Å²) < 4.78 is 43.4. The first-order chi connectivity index (χ1) is 60.4. The zero-order valence-corrected chi connectivity index (χ0v) is 73.0. The number of aromatic nitrogens is 12. The number of piperidine rings is 1. The molecule has 9 N–H and O–H groups in total. The number of anilines is 6. The predicted octanol–water partition coefficient (Wildman–Crippen LogP) is 4.74. The van der Waals surface area contributed by atoms with Crippen molar-refractivity contribution in [3.63, 3.8) is 0 Å². The first-order valence-corrected chi connectivity index (χ1v) is 42.6. The lowest BCUT2D eigenvalue weighted by molar-refractivity contribution is -0.121. The standard InChI is InChI=1S/C83H108ClN25O15S/c1-53-54(2)125-83-72(53)73(56-9-11-57(84)12-10-56)94-62(74-100-99-55(3)109(74)83)47-71(113)91-58-13-14-67(90-48-58)108-25-18-61(19-26-108)107-30-28-106(29-31-107)32-34-120-36-38-122-40-42-124-44-43-123-41-39-121-37-35-119-33-24-85-68(110)15-20-89-80(116)76-97-65(51-104(76)7)95-69(111)16-21-88-79(115)64-46-60(50-103(64)6)93-82(118)77-98-66(52-105(77)8)96-70(112)17-22-87-78(114)63-45-59(49-102(63)5)92-81(117)75-86-23-27-101(75)4/h9-14,23,27,45-46,48-52,61-62H,15-22,24-26,28-44,47H2,1-8H3,(H,85,110)(H,87,114)(H,88,115)(H,89,116)(H,91,113)(H,92,117)(H,93,118)(H,95,111)(H,96,112)/t62-/m0/s1. The minimum Gasteiger partial charge on any atom is -0.378 e. The van der Waals surface area contributed by atoms with Gasteiger partial charge in [-0.3, -0.25) is 62.5 Å². The van der Waals surface area contributed by atoms with Crippen molar-refractivity contribution < 1.29 is 71.6 Å². The maximum Gasteiger partial charge on any atom is 0.291 e. The van der Waals surface area contributed by atoms with Crippen molar-refractivity contribution in [3.8, 4) is 5.00 Å². The summed E-state index contributed by atoms with van der Waals surface area (Å²) in [4.78, 5) is 148. The number of rotatable bonds is 45. The summed E-state index contributed by atoms with van der Waals surface area (Å²) in [5.74, 6) is -1.54. The second-order valence-corrected chi connectivity index (χ2v) is 31.8. The van der Waals surface area contributed by atoms with Gasteiger partial charge < -0.3 is 104 Å². The van der Waals surface area contributed by atoms with E-state index in [1.165, 1.54) is 60.1 Å². The van der Waals surface area contributed by atoms with Crippen LogP contribution in [0.1, 0.15) is 131 Å². The number of aryl methyl sites for hydroxylation is 7. The summed E-state index contributed by atoms with van der Waals surface area (Å²) in [5, 5.41) is 35.1. The van der Waals surface area contributed by atoms with Crippen LogP contribution in [0.2, 0.25) is 5.02 Å². The molecule has 0 unspecified atom stereocenters. The van der Waals surface area contributed by atoms with E-state index < -0.39 is 47.4 Å². The summed E-state index contributed by atoms with van der Waals surface area (Å²) in [6.07, 6.45) is 12.8. The van der Waals surface area contributed by atoms with E-state index in [0.717, 1.165) is 97.7 Å². The molecule has 12 rings (SSSR count). The van der Waals surface area contributed by atoms with Crippen molar-refractivity contribution in [2.24, 2.45) is 40.2 Å². The van der Waals surface area contributed by atoms with Crippen molar-refractivity contribution >= 4 is 116 Å². The number of ether oxygens (including phenoxy) is 6. The third-order valence-corrected chi connectivity index (χ3v) is 22.5. The molecule has 125 heavy (non-hydrogen) atoms. The maximum absolute atomic E-state index is 13.8. The van der Waals surface area contributed by atoms with Crippen LogP contribution in [0.5, 0.6) is 0 Å². The van der Waals surface area contributed by atoms with Gasteiger partial charge in [-0.25, -0.2) is 19.9 Å². The molecule has 3 aliphatic heterocycles. The number of amides is 9. The summed E-state index contributed by atoms with van der Waals surface area (Å²) >= 11 is 7.97. The highest BCUT2D eigenvalue weighted by Gasteiger charge is 2.34. The van der Waals surface area contributed by atoms with Crippen LogP contribution in [0.3, 0.4) is 0 Å². The van der Waals surface area contributed by atoms with Crippen LogP contribution < -0.4 is 52.8 Å². The lowest BCUT2D eigenvalue weighted by Gasteiger charge is -2.43. The van der Waals surface area contributed by atoms with Crippen LogP contribution in [0.25, 0.3) is 5.00 Å². The molecule has 0 radical (unpaired) electrons. The predicted molar refractivity (Wildman–Crippen MR) is 466 cm³/mol. The number of thiophene rings is 1. The molecule has 40 nitrogen and oxygen atoms in total. The van der Waals surface area contributed by atoms with Gasteiger partial charge in [-0.15, -0.1) is 21.5 Å². The van der Waals surface area contributed by atoms with Crippen molar-refractivity contribution in [2.45, 2.75) is 71.4 Å². The van der Waals surface area contributed by atoms with Gasteiger partial charge in [-0.1, -0.05) is 23.7 Å². The van der Waals surface area contributed by atoms with Crippen LogP contribution in [0.15, 0.2) is 96.9 Å². The number of piperazine rings is 1. The molecule has 0 aliphatic carbocycles. The smallest absolute Gasteiger partial charge is 0.291 e. The number of benzene rings is 1. The molecule has 668 valence electrons. The summed E-state index contributed by atoms with van der Waals surface area (Å²) in [6, 6.07) is 14.5. The Balaban J connectivity index is 0.416. The van der Waals surface area contributed by atoms with Crippen LogP contribution in [-0.2, 0) is 82.8 Å². The number of hydrogen-bond donors (Lipinski definition) is 9. The van der Waals surface area contributed by atoms with Crippen LogP contribution in [0, 0.1) is 20.8 Å². The fraction of sp³-hybridized carbons (Fsp3) is 0.470. The molecule has 2 saturated heterocycles. The number of carbonyl (C=O) groups excluding carboxylic acids is 9. The van der Waals surface area contributed by atoms with Gasteiger partial charge in [0.2, 0.25) is 35.3 Å². The highest BCUT2D eigenvalue weighted by atomic mass is 35.5. The van der Waals surface area contributed by atoms with Gasteiger partial charge >= 0.3 is 0 Å². The van der Waals surface area contributed by atoms with Crippen molar-refractivity contribution in [3.05, 3.63) is 159 Å². The molecule has 0 saturated carbocycles. The third kappa shape index (κ3) is 25.9. The Hall–Kier alpha value is -11.9. The number of hydrogen-bond acceptors (Lipinski definition) is 26. The van der Waals surface area contributed by atoms with E-state index in [0.29, 0.717) is 101 Å². The van der Waals surface area contributed by atoms with E-state index in [4.69, 9.17) is 50.0 Å². The van der Waals surface area contributed by atoms with Crippen LogP contribution in [0.4, 0.5) is 34.5 Å². The molecule has 0 bridgehead atoms. The molecule has 8 aromatic heterocycles. The SMILES string of the molecule is Cc1sc2c(c1C)C(c1ccc(Cl)cc1)=N[C@@H](CC(=O)Nc1ccc(N3CCC(N4CCN(CCOCCOCCOCCOCCOCCOCCNC(=O)CCNC(=O)c5nc(NC(=O)CCNC(=O)c6cc(NC(=O)c7nc(NC(=O)CCNC(=O)c8cc(NC(=O)c9nccn9C)cn8C)cn7C)cn6C)cn5C)CC4)CC3)nc1)c1nnc(C)n1-2. The first-order valence-electron chi connectivity index (χ1n) is 41.4. The quantitative estimate of drug-likeness (QED) is 0.0233. The van der Waals surface area contributed by atoms with E-state index in [9.17, 15) is 43.2 Å². The van der Waals surface area contributed by atoms with Crippen molar-refractivity contribution in [2.75, 3.05) is 183 Å². The largest absolute Gasteiger partial charge is 0.378 e. The number of carbonyl (C=O) groups is 9. The Morgan fingerprint density at radius 1 is 0.496 bits per heavy atom. The normalized spacial score (nSPS) is 14.2. The van der Waals surface area contributed by atoms with E-state index in [1.807, 2.05) is 47.9 Å². The average molecular weight is 1760 g/mol. The van der Waals surface area contributed by atoms with Gasteiger partial charge in [0.05, 0.1) is 115 Å². The Kier molecular flexibility index (Phi) is 33.3. The molecule has 1 atom stereocenters. The Labute approximate surface area is 731 Å². The molecule has 11 heterocycles. The minimum atomic E-state index is -0.638. The average Bonchev–Trinajstić information content (AvgIpc) is 1.59. The molecular weight excluding hydrogens is 1650 g/mol. The third-order valence-electron chi connectivity index (χ3n) is 21.1. The summed E-state index contributed by atoms with van der Waals surface area (Å²) in [7, 11) is 8.06. The molecule has 2 fully saturated rings. The van der Waals surface area contributed by atoms with E-state index >= 15 is 0 Å². The topological polar surface area (TPSA) is 446 Å². The maximum atomic E-state index is 13.8. The zero-order chi connectivity index (χ0) is 88.5. The number of pyridine rings is 1. The number of aliphatic imine (C=N–C) groups is 1. The molecule has 3 aliphatic rings. The Morgan fingerprint density at radius 2 is 1.02 bits per heavy atom. The van der Waals surface area contributed by atoms with E-state index in [1.54, 1.807) is 69.7 Å². The second kappa shape index (κ2) is 45.1. The number of halogens is 1. The fourth-order valence-corrected chi connectivity index (χ4v) is 15.8. The van der Waals surface area contributed by atoms with E-state index in [-0.39, 0.29) is 116 Å². The lowest BCUT2D eigenvalue weighted by atomic mass is 9.99. The number of imidazole rings is 3. The minimum absolute atomic E-state index is 0.000257. The monoisotopic (exact) mass is 1760 g/mol. The lowest BCUT2D eigenvalue weighted by Crippen LogP contribution is -2.53. The van der Waals surface area contributed by atoms with Gasteiger partial charge in [-0.05, 0) is 75.6 Å². The molecule has 0 spiro atoms. The Morgan fingerprint density at radius 3 is 1.57 bits per heavy atom. The number of fused-ring (bicyclic) bond motifs is 3. The van der Waals surface area contributed by atoms with Crippen molar-refractivity contribution in [1.82, 2.24) is 88.6 Å². The van der Waals surface area contributed by atoms with Gasteiger partial charge in [0.15, 0.2) is 23.3 Å². The second-order valence-electron chi connectivity index (χ2n) is 30.1. The van der Waals surface area contributed by atoms with Crippen LogP contribution >= 0.6 is 22.9 Å². The highest BCUT2D eigenvalue weighted by molar-refractivity contribution is 7.15. The van der Waals surface area contributed by atoms with Crippen molar-refractivity contribution in [1.29, 1.82) is 0 Å². The highest BCUT2D eigenvalue weighted by Crippen LogP contribution is 2.40. The first kappa shape index (κ1) is 92.3. The molecule has 9 amide bonds. The molecule has 42 heteroatoms. The number of nitrogens with one attached hydrogen (secondary N) is 9. The molecule has 1 aromatic carbocycles.